The van der Waals surface area contributed by atoms with Gasteiger partial charge < -0.3 is 15.0 Å². The van der Waals surface area contributed by atoms with Crippen molar-refractivity contribution in [3.8, 4) is 11.5 Å². The summed E-state index contributed by atoms with van der Waals surface area (Å²) in [5.41, 5.74) is 6.88. The molecule has 0 bridgehead atoms. The van der Waals surface area contributed by atoms with E-state index in [1.165, 1.54) is 0 Å². The highest BCUT2D eigenvalue weighted by molar-refractivity contribution is 5.92. The molecule has 1 amide bonds. The first-order chi connectivity index (χ1) is 14.1. The second-order valence-electron chi connectivity index (χ2n) is 7.05. The first kappa shape index (κ1) is 19.2. The van der Waals surface area contributed by atoms with Gasteiger partial charge in [-0.1, -0.05) is 17.3 Å². The highest BCUT2D eigenvalue weighted by atomic mass is 16.5. The molecular weight excluding hydrogens is 372 g/mol. The number of carbonyl (C=O) groups excluding carboxylic acids is 1. The number of primary amides is 1. The molecule has 2 N–H and O–H groups in total. The topological polar surface area (TPSA) is 120 Å². The Hall–Kier alpha value is -3.17. The first-order valence-electron chi connectivity index (χ1n) is 9.36. The molecule has 1 fully saturated rings. The Bertz CT molecular complexity index is 983. The van der Waals surface area contributed by atoms with Crippen LogP contribution in [0, 0.1) is 0 Å². The fraction of sp³-hybridized carbons (Fsp3) is 0.350. The van der Waals surface area contributed by atoms with Gasteiger partial charge in [-0.25, -0.2) is 4.98 Å². The molecule has 0 spiro atoms. The molecule has 9 heteroatoms. The minimum atomic E-state index is -0.626. The van der Waals surface area contributed by atoms with Crippen molar-refractivity contribution in [2.45, 2.75) is 25.0 Å². The number of methoxy groups -OCH3 is 1. The maximum atomic E-state index is 11.4. The summed E-state index contributed by atoms with van der Waals surface area (Å²) in [4.78, 5) is 26.4. The lowest BCUT2D eigenvalue weighted by Crippen LogP contribution is -2.43. The van der Waals surface area contributed by atoms with E-state index in [4.69, 9.17) is 15.0 Å². The average molecular weight is 394 g/mol. The Morgan fingerprint density at radius 1 is 1.31 bits per heavy atom. The van der Waals surface area contributed by atoms with Crippen LogP contribution in [0.25, 0.3) is 11.5 Å². The van der Waals surface area contributed by atoms with E-state index in [0.717, 1.165) is 25.2 Å². The van der Waals surface area contributed by atoms with Gasteiger partial charge in [0, 0.05) is 44.7 Å². The van der Waals surface area contributed by atoms with Crippen molar-refractivity contribution in [1.29, 1.82) is 0 Å². The van der Waals surface area contributed by atoms with Crippen molar-refractivity contribution in [1.82, 2.24) is 25.0 Å². The highest BCUT2D eigenvalue weighted by Gasteiger charge is 2.41. The number of nitrogens with zero attached hydrogens (tertiary/aromatic N) is 5. The Morgan fingerprint density at radius 3 is 2.83 bits per heavy atom. The Balaban J connectivity index is 1.45. The third kappa shape index (κ3) is 4.01. The quantitative estimate of drug-likeness (QED) is 0.671. The minimum Gasteiger partial charge on any atom is -0.368 e. The van der Waals surface area contributed by atoms with Crippen molar-refractivity contribution in [2.24, 2.45) is 5.73 Å². The summed E-state index contributed by atoms with van der Waals surface area (Å²) in [5.74, 6) is 0.436. The van der Waals surface area contributed by atoms with Crippen LogP contribution in [0.4, 0.5) is 0 Å². The molecule has 1 aromatic carbocycles. The number of aromatic nitrogens is 4. The van der Waals surface area contributed by atoms with Crippen molar-refractivity contribution in [3.63, 3.8) is 0 Å². The van der Waals surface area contributed by atoms with Crippen LogP contribution in [-0.2, 0) is 16.9 Å². The first-order valence-corrected chi connectivity index (χ1v) is 9.36. The van der Waals surface area contributed by atoms with Gasteiger partial charge in [0.25, 0.3) is 5.89 Å². The molecular formula is C20H22N6O3. The van der Waals surface area contributed by atoms with Crippen LogP contribution in [0.1, 0.15) is 34.7 Å². The van der Waals surface area contributed by atoms with E-state index in [0.29, 0.717) is 35.8 Å². The van der Waals surface area contributed by atoms with Crippen molar-refractivity contribution in [2.75, 3.05) is 20.2 Å². The molecule has 0 aliphatic carbocycles. The number of piperidine rings is 1. The zero-order chi connectivity index (χ0) is 20.3. The molecule has 150 valence electrons. The van der Waals surface area contributed by atoms with Crippen LogP contribution >= 0.6 is 0 Å². The molecule has 0 saturated carbocycles. The standard InChI is InChI=1S/C20H22N6O3/c1-28-20(19-24-18(25-29-19)16-12-22-7-8-23-16)5-9-26(10-6-20)13-14-3-2-4-15(11-14)17(21)27/h2-4,7-8,11-12H,5-6,9-10,13H2,1H3,(H2,21,27). The monoisotopic (exact) mass is 394 g/mol. The Morgan fingerprint density at radius 2 is 2.14 bits per heavy atom. The highest BCUT2D eigenvalue weighted by Crippen LogP contribution is 2.36. The lowest BCUT2D eigenvalue weighted by Gasteiger charge is -2.38. The minimum absolute atomic E-state index is 0.398. The molecule has 1 aliphatic heterocycles. The number of carbonyl (C=O) groups is 1. The van der Waals surface area contributed by atoms with Gasteiger partial charge in [-0.05, 0) is 30.5 Å². The number of benzene rings is 1. The summed E-state index contributed by atoms with van der Waals surface area (Å²) < 4.78 is 11.4. The summed E-state index contributed by atoms with van der Waals surface area (Å²) in [6.07, 6.45) is 6.19. The van der Waals surface area contributed by atoms with Gasteiger partial charge in [-0.3, -0.25) is 14.7 Å². The number of hydrogen-bond acceptors (Lipinski definition) is 8. The maximum Gasteiger partial charge on any atom is 0.259 e. The van der Waals surface area contributed by atoms with Crippen molar-refractivity contribution >= 4 is 5.91 Å². The largest absolute Gasteiger partial charge is 0.368 e. The zero-order valence-corrected chi connectivity index (χ0v) is 16.1. The van der Waals surface area contributed by atoms with Crippen LogP contribution in [0.2, 0.25) is 0 Å². The normalized spacial score (nSPS) is 16.6. The van der Waals surface area contributed by atoms with Gasteiger partial charge in [0.2, 0.25) is 11.7 Å². The molecule has 9 nitrogen and oxygen atoms in total. The number of ether oxygens (including phenoxy) is 1. The van der Waals surface area contributed by atoms with Crippen LogP contribution in [0.3, 0.4) is 0 Å². The molecule has 3 heterocycles. The smallest absolute Gasteiger partial charge is 0.259 e. The second-order valence-corrected chi connectivity index (χ2v) is 7.05. The molecule has 1 aliphatic rings. The van der Waals surface area contributed by atoms with Crippen LogP contribution in [0.5, 0.6) is 0 Å². The third-order valence-corrected chi connectivity index (χ3v) is 5.28. The van der Waals surface area contributed by atoms with Crippen LogP contribution in [-0.4, -0.2) is 51.1 Å². The molecule has 3 aromatic rings. The van der Waals surface area contributed by atoms with Crippen molar-refractivity contribution < 1.29 is 14.1 Å². The van der Waals surface area contributed by atoms with E-state index < -0.39 is 11.5 Å². The summed E-state index contributed by atoms with van der Waals surface area (Å²) >= 11 is 0. The molecule has 2 aromatic heterocycles. The molecule has 0 unspecified atom stereocenters. The predicted molar refractivity (Wildman–Crippen MR) is 103 cm³/mol. The van der Waals surface area contributed by atoms with Crippen LogP contribution in [0.15, 0.2) is 47.4 Å². The number of likely N-dealkylation sites (tertiary alicyclic amines) is 1. The fourth-order valence-electron chi connectivity index (χ4n) is 3.59. The summed E-state index contributed by atoms with van der Waals surface area (Å²) in [5, 5.41) is 4.04. The predicted octanol–water partition coefficient (Wildman–Crippen LogP) is 1.76. The van der Waals surface area contributed by atoms with Gasteiger partial charge in [-0.2, -0.15) is 4.98 Å². The average Bonchev–Trinajstić information content (AvgIpc) is 3.26. The molecule has 0 radical (unpaired) electrons. The summed E-state index contributed by atoms with van der Waals surface area (Å²) in [6.45, 7) is 2.31. The number of hydrogen-bond donors (Lipinski definition) is 1. The van der Waals surface area contributed by atoms with Gasteiger partial charge in [0.1, 0.15) is 11.3 Å². The van der Waals surface area contributed by atoms with E-state index in [2.05, 4.69) is 25.0 Å². The SMILES string of the molecule is COC1(c2nc(-c3cnccn3)no2)CCN(Cc2cccc(C(N)=O)c2)CC1. The maximum absolute atomic E-state index is 11.4. The van der Waals surface area contributed by atoms with Crippen molar-refractivity contribution in [3.05, 3.63) is 59.9 Å². The van der Waals surface area contributed by atoms with E-state index in [1.54, 1.807) is 31.8 Å². The summed E-state index contributed by atoms with van der Waals surface area (Å²) in [7, 11) is 1.66. The molecule has 29 heavy (non-hydrogen) atoms. The lowest BCUT2D eigenvalue weighted by molar-refractivity contribution is -0.0838. The molecule has 0 atom stereocenters. The molecule has 1 saturated heterocycles. The molecule has 4 rings (SSSR count). The van der Waals surface area contributed by atoms with Gasteiger partial charge >= 0.3 is 0 Å². The number of rotatable bonds is 6. The van der Waals surface area contributed by atoms with Gasteiger partial charge in [-0.15, -0.1) is 0 Å². The van der Waals surface area contributed by atoms with E-state index >= 15 is 0 Å². The second kappa shape index (κ2) is 8.06. The Kier molecular flexibility index (Phi) is 5.32. The zero-order valence-electron chi connectivity index (χ0n) is 16.1. The van der Waals surface area contributed by atoms with E-state index in [9.17, 15) is 4.79 Å². The van der Waals surface area contributed by atoms with E-state index in [-0.39, 0.29) is 0 Å². The number of amides is 1. The fourth-order valence-corrected chi connectivity index (χ4v) is 3.59. The number of nitrogens with two attached hydrogens (primary N) is 1. The van der Waals surface area contributed by atoms with Gasteiger partial charge in [0.15, 0.2) is 0 Å². The summed E-state index contributed by atoms with van der Waals surface area (Å²) in [6, 6.07) is 7.41. The third-order valence-electron chi connectivity index (χ3n) is 5.28. The van der Waals surface area contributed by atoms with Crippen LogP contribution < -0.4 is 5.73 Å². The van der Waals surface area contributed by atoms with Gasteiger partial charge in [0.05, 0.1) is 6.20 Å². The Labute approximate surface area is 167 Å². The van der Waals surface area contributed by atoms with E-state index in [1.807, 2.05) is 18.2 Å². The lowest BCUT2D eigenvalue weighted by atomic mass is 9.90.